The molecule has 7 heteroatoms. The van der Waals surface area contributed by atoms with Crippen LogP contribution in [0.2, 0.25) is 0 Å². The van der Waals surface area contributed by atoms with E-state index in [9.17, 15) is 9.59 Å². The molecule has 0 bridgehead atoms. The third-order valence-electron chi connectivity index (χ3n) is 2.87. The van der Waals surface area contributed by atoms with Crippen molar-refractivity contribution >= 4 is 35.0 Å². The highest BCUT2D eigenvalue weighted by atomic mass is 32.2. The first kappa shape index (κ1) is 13.8. The molecule has 0 aromatic carbocycles. The molecule has 6 nitrogen and oxygen atoms in total. The first-order valence-corrected chi connectivity index (χ1v) is 6.98. The second kappa shape index (κ2) is 6.51. The van der Waals surface area contributed by atoms with Crippen molar-refractivity contribution in [3.05, 3.63) is 12.2 Å². The molecule has 1 aliphatic heterocycles. The summed E-state index contributed by atoms with van der Waals surface area (Å²) in [5.41, 5.74) is 0. The van der Waals surface area contributed by atoms with E-state index in [4.69, 9.17) is 5.11 Å². The number of aliphatic carboxylic acids is 1. The minimum atomic E-state index is -0.994. The Morgan fingerprint density at radius 3 is 3.11 bits per heavy atom. The number of thioether (sulfide) groups is 1. The molecule has 0 aromatic heterocycles. The van der Waals surface area contributed by atoms with Crippen molar-refractivity contribution in [3.8, 4) is 0 Å². The van der Waals surface area contributed by atoms with Gasteiger partial charge in [-0.25, -0.2) is 0 Å². The van der Waals surface area contributed by atoms with Crippen LogP contribution in [0.3, 0.4) is 0 Å². The molecule has 1 fully saturated rings. The van der Waals surface area contributed by atoms with Gasteiger partial charge >= 0.3 is 5.97 Å². The van der Waals surface area contributed by atoms with Gasteiger partial charge in [-0.1, -0.05) is 23.9 Å². The number of allylic oxidation sites excluding steroid dienone is 2. The van der Waals surface area contributed by atoms with Gasteiger partial charge in [0.15, 0.2) is 5.17 Å². The highest BCUT2D eigenvalue weighted by molar-refractivity contribution is 8.15. The maximum absolute atomic E-state index is 11.4. The van der Waals surface area contributed by atoms with Crippen LogP contribution in [0.25, 0.3) is 0 Å². The summed E-state index contributed by atoms with van der Waals surface area (Å²) >= 11 is 1.11. The van der Waals surface area contributed by atoms with Crippen LogP contribution in [0.5, 0.6) is 0 Å². The molecule has 2 N–H and O–H groups in total. The largest absolute Gasteiger partial charge is 0.481 e. The number of nitrogens with zero attached hydrogens (tertiary/aromatic N) is 2. The molecule has 102 valence electrons. The fourth-order valence-corrected chi connectivity index (χ4v) is 2.79. The molecule has 0 saturated carbocycles. The number of carboxylic acids is 1. The lowest BCUT2D eigenvalue weighted by Crippen LogP contribution is -2.26. The van der Waals surface area contributed by atoms with Gasteiger partial charge < -0.3 is 10.4 Å². The molecule has 0 spiro atoms. The van der Waals surface area contributed by atoms with E-state index >= 15 is 0 Å². The maximum Gasteiger partial charge on any atom is 0.305 e. The van der Waals surface area contributed by atoms with E-state index in [2.05, 4.69) is 27.7 Å². The van der Waals surface area contributed by atoms with Crippen LogP contribution in [-0.4, -0.2) is 33.6 Å². The molecular weight excluding hydrogens is 266 g/mol. The van der Waals surface area contributed by atoms with Gasteiger partial charge in [0.2, 0.25) is 5.91 Å². The van der Waals surface area contributed by atoms with Crippen molar-refractivity contribution < 1.29 is 14.7 Å². The van der Waals surface area contributed by atoms with Crippen molar-refractivity contribution in [3.63, 3.8) is 0 Å². The zero-order valence-corrected chi connectivity index (χ0v) is 11.1. The number of carbonyl (C=O) groups is 2. The van der Waals surface area contributed by atoms with E-state index in [1.165, 1.54) is 0 Å². The monoisotopic (exact) mass is 281 g/mol. The highest BCUT2D eigenvalue weighted by Gasteiger charge is 2.32. The lowest BCUT2D eigenvalue weighted by atomic mass is 9.96. The second-order valence-corrected chi connectivity index (χ2v) is 5.60. The molecule has 0 aromatic rings. The molecule has 2 rings (SSSR count). The van der Waals surface area contributed by atoms with E-state index in [1.807, 2.05) is 0 Å². The first-order chi connectivity index (χ1) is 9.15. The summed E-state index contributed by atoms with van der Waals surface area (Å²) in [5, 5.41) is 18.8. The molecule has 2 atom stereocenters. The summed E-state index contributed by atoms with van der Waals surface area (Å²) in [6, 6.07) is 0. The van der Waals surface area contributed by atoms with Crippen LogP contribution in [-0.2, 0) is 9.59 Å². The molecule has 1 aliphatic carbocycles. The second-order valence-electron chi connectivity index (χ2n) is 4.41. The first-order valence-electron chi connectivity index (χ1n) is 6.10. The third-order valence-corrected chi connectivity index (χ3v) is 3.94. The lowest BCUT2D eigenvalue weighted by molar-refractivity contribution is -0.138. The van der Waals surface area contributed by atoms with Crippen LogP contribution >= 0.6 is 11.8 Å². The third kappa shape index (κ3) is 4.20. The summed E-state index contributed by atoms with van der Waals surface area (Å²) in [6.45, 7) is 0. The number of nitrogens with one attached hydrogen (secondary N) is 1. The molecule has 2 aliphatic rings. The molecular formula is C12H15N3O3S. The van der Waals surface area contributed by atoms with Gasteiger partial charge in [-0.05, 0) is 25.2 Å². The Morgan fingerprint density at radius 1 is 1.58 bits per heavy atom. The number of rotatable bonds is 4. The quantitative estimate of drug-likeness (QED) is 0.463. The van der Waals surface area contributed by atoms with Gasteiger partial charge in [-0.2, -0.15) is 5.10 Å². The van der Waals surface area contributed by atoms with Crippen molar-refractivity contribution in [1.82, 2.24) is 5.32 Å². The number of amidine groups is 1. The van der Waals surface area contributed by atoms with Crippen LogP contribution in [0.4, 0.5) is 0 Å². The van der Waals surface area contributed by atoms with E-state index in [0.29, 0.717) is 11.1 Å². The van der Waals surface area contributed by atoms with Crippen molar-refractivity contribution in [2.75, 3.05) is 0 Å². The average Bonchev–Trinajstić information content (AvgIpc) is 2.70. The summed E-state index contributed by atoms with van der Waals surface area (Å²) in [4.78, 5) is 22.0. The van der Waals surface area contributed by atoms with E-state index in [1.54, 1.807) is 6.21 Å². The van der Waals surface area contributed by atoms with Gasteiger partial charge in [0.05, 0.1) is 6.42 Å². The number of amides is 1. The van der Waals surface area contributed by atoms with Gasteiger partial charge in [-0.15, -0.1) is 5.10 Å². The minimum Gasteiger partial charge on any atom is -0.481 e. The number of hydrogen-bond acceptors (Lipinski definition) is 5. The summed E-state index contributed by atoms with van der Waals surface area (Å²) in [5.74, 6) is -0.917. The predicted octanol–water partition coefficient (Wildman–Crippen LogP) is 1.39. The molecule has 1 heterocycles. The Bertz CT molecular complexity index is 459. The average molecular weight is 281 g/mol. The topological polar surface area (TPSA) is 91.1 Å². The van der Waals surface area contributed by atoms with Gasteiger partial charge in [0.25, 0.3) is 0 Å². The zero-order valence-electron chi connectivity index (χ0n) is 10.3. The lowest BCUT2D eigenvalue weighted by Gasteiger charge is -2.10. The zero-order chi connectivity index (χ0) is 13.7. The normalized spacial score (nSPS) is 29.1. The van der Waals surface area contributed by atoms with Crippen LogP contribution < -0.4 is 5.32 Å². The van der Waals surface area contributed by atoms with Gasteiger partial charge in [-0.3, -0.25) is 9.59 Å². The maximum atomic E-state index is 11.4. The number of carbonyl (C=O) groups excluding carboxylic acids is 1. The van der Waals surface area contributed by atoms with Crippen molar-refractivity contribution in [2.24, 2.45) is 16.1 Å². The van der Waals surface area contributed by atoms with Gasteiger partial charge in [0.1, 0.15) is 5.25 Å². The number of carboxylic acid groups (broad SMARTS) is 1. The van der Waals surface area contributed by atoms with Crippen molar-refractivity contribution in [1.29, 1.82) is 0 Å². The molecule has 19 heavy (non-hydrogen) atoms. The predicted molar refractivity (Wildman–Crippen MR) is 74.2 cm³/mol. The van der Waals surface area contributed by atoms with E-state index in [-0.39, 0.29) is 12.3 Å². The van der Waals surface area contributed by atoms with Crippen molar-refractivity contribution in [2.45, 2.75) is 30.9 Å². The molecule has 1 amide bonds. The fraction of sp³-hybridized carbons (Fsp3) is 0.500. The Kier molecular flexibility index (Phi) is 4.73. The highest BCUT2D eigenvalue weighted by Crippen LogP contribution is 2.22. The van der Waals surface area contributed by atoms with E-state index in [0.717, 1.165) is 31.0 Å². The smallest absolute Gasteiger partial charge is 0.305 e. The summed E-state index contributed by atoms with van der Waals surface area (Å²) in [6.07, 6.45) is 8.95. The van der Waals surface area contributed by atoms with E-state index < -0.39 is 11.2 Å². The van der Waals surface area contributed by atoms with Gasteiger partial charge in [0, 0.05) is 6.21 Å². The summed E-state index contributed by atoms with van der Waals surface area (Å²) < 4.78 is 0. The fourth-order valence-electron chi connectivity index (χ4n) is 1.88. The minimum absolute atomic E-state index is 0.202. The van der Waals surface area contributed by atoms with Crippen LogP contribution in [0, 0.1) is 5.92 Å². The summed E-state index contributed by atoms with van der Waals surface area (Å²) in [7, 11) is 0. The Labute approximate surface area is 115 Å². The molecule has 0 unspecified atom stereocenters. The van der Waals surface area contributed by atoms with Crippen LogP contribution in [0.1, 0.15) is 25.7 Å². The Hall–Kier alpha value is -1.63. The molecule has 1 saturated heterocycles. The standard InChI is InChI=1S/C12H15N3O3S/c16-10(17)6-9-11(18)14-12(19-9)15-13-7-8-4-2-1-3-5-8/h1-2,7-9H,3-6H2,(H,16,17)(H,14,15,18)/b13-7-/t8-,9+/m1/s1. The van der Waals surface area contributed by atoms with Crippen LogP contribution in [0.15, 0.2) is 22.4 Å². The number of hydrogen-bond donors (Lipinski definition) is 2. The Morgan fingerprint density at radius 2 is 2.42 bits per heavy atom. The SMILES string of the molecule is O=C(O)C[C@@H]1S/C(=N\N=C/[C@@H]2CC=CCC2)NC1=O. The molecule has 0 radical (unpaired) electrons. The Balaban J connectivity index is 1.87.